The van der Waals surface area contributed by atoms with Gasteiger partial charge in [-0.1, -0.05) is 18.9 Å². The van der Waals surface area contributed by atoms with E-state index in [-0.39, 0.29) is 0 Å². The summed E-state index contributed by atoms with van der Waals surface area (Å²) in [6.45, 7) is 6.39. The Morgan fingerprint density at radius 1 is 1.12 bits per heavy atom. The molecule has 0 saturated heterocycles. The van der Waals surface area contributed by atoms with Crippen LogP contribution in [0.2, 0.25) is 0 Å². The summed E-state index contributed by atoms with van der Waals surface area (Å²) in [5.74, 6) is 0. The van der Waals surface area contributed by atoms with Crippen molar-refractivity contribution in [3.63, 3.8) is 0 Å². The number of rotatable bonds is 10. The minimum atomic E-state index is 0.333. The Labute approximate surface area is 100 Å². The van der Waals surface area contributed by atoms with E-state index in [0.717, 1.165) is 25.4 Å². The van der Waals surface area contributed by atoms with Crippen molar-refractivity contribution in [2.24, 2.45) is 0 Å². The van der Waals surface area contributed by atoms with Gasteiger partial charge in [0.2, 0.25) is 0 Å². The van der Waals surface area contributed by atoms with Crippen LogP contribution < -0.4 is 0 Å². The molecule has 94 valence electrons. The summed E-state index contributed by atoms with van der Waals surface area (Å²) in [5.41, 5.74) is 0. The standard InChI is InChI=1S/C14H27NO/c1-2-3-4-5-6-11-15(12-8-13-16)14-9-7-10-14/h2,14,16H,1,3-13H2. The van der Waals surface area contributed by atoms with Crippen molar-refractivity contribution in [2.75, 3.05) is 19.7 Å². The molecule has 2 nitrogen and oxygen atoms in total. The van der Waals surface area contributed by atoms with Crippen LogP contribution in [0.15, 0.2) is 12.7 Å². The Balaban J connectivity index is 2.08. The molecule has 0 bridgehead atoms. The highest BCUT2D eigenvalue weighted by atomic mass is 16.3. The third-order valence-corrected chi connectivity index (χ3v) is 3.55. The lowest BCUT2D eigenvalue weighted by Gasteiger charge is -2.37. The van der Waals surface area contributed by atoms with Crippen LogP contribution in [0.25, 0.3) is 0 Å². The highest BCUT2D eigenvalue weighted by Crippen LogP contribution is 2.25. The average molecular weight is 225 g/mol. The van der Waals surface area contributed by atoms with Gasteiger partial charge in [0, 0.05) is 19.2 Å². The van der Waals surface area contributed by atoms with Gasteiger partial charge in [-0.15, -0.1) is 6.58 Å². The molecule has 1 aliphatic carbocycles. The molecule has 1 saturated carbocycles. The summed E-state index contributed by atoms with van der Waals surface area (Å²) in [4.78, 5) is 2.59. The van der Waals surface area contributed by atoms with Crippen LogP contribution in [0.1, 0.15) is 51.4 Å². The van der Waals surface area contributed by atoms with Crippen LogP contribution in [0, 0.1) is 0 Å². The van der Waals surface area contributed by atoms with Crippen molar-refractivity contribution < 1.29 is 5.11 Å². The zero-order valence-corrected chi connectivity index (χ0v) is 10.5. The molecule has 16 heavy (non-hydrogen) atoms. The molecular formula is C14H27NO. The van der Waals surface area contributed by atoms with E-state index in [0.29, 0.717) is 6.61 Å². The van der Waals surface area contributed by atoms with Crippen molar-refractivity contribution in [3.8, 4) is 0 Å². The Morgan fingerprint density at radius 3 is 2.44 bits per heavy atom. The smallest absolute Gasteiger partial charge is 0.0443 e. The number of hydrogen-bond donors (Lipinski definition) is 1. The molecule has 1 N–H and O–H groups in total. The van der Waals surface area contributed by atoms with E-state index >= 15 is 0 Å². The predicted octanol–water partition coefficient (Wildman–Crippen LogP) is 2.97. The van der Waals surface area contributed by atoms with Gasteiger partial charge in [-0.3, -0.25) is 0 Å². The van der Waals surface area contributed by atoms with Crippen molar-refractivity contribution in [2.45, 2.75) is 57.4 Å². The van der Waals surface area contributed by atoms with E-state index in [4.69, 9.17) is 5.11 Å². The number of unbranched alkanes of at least 4 members (excludes halogenated alkanes) is 3. The van der Waals surface area contributed by atoms with Gasteiger partial charge in [-0.05, 0) is 45.1 Å². The van der Waals surface area contributed by atoms with Crippen LogP contribution in [0.3, 0.4) is 0 Å². The molecule has 0 spiro atoms. The second-order valence-corrected chi connectivity index (χ2v) is 4.84. The average Bonchev–Trinajstić information content (AvgIpc) is 2.22. The van der Waals surface area contributed by atoms with Crippen molar-refractivity contribution in [1.29, 1.82) is 0 Å². The van der Waals surface area contributed by atoms with Gasteiger partial charge in [-0.25, -0.2) is 0 Å². The molecule has 0 aromatic carbocycles. The van der Waals surface area contributed by atoms with Gasteiger partial charge in [0.1, 0.15) is 0 Å². The lowest BCUT2D eigenvalue weighted by molar-refractivity contribution is 0.114. The summed E-state index contributed by atoms with van der Waals surface area (Å²) in [5, 5.41) is 8.89. The minimum absolute atomic E-state index is 0.333. The van der Waals surface area contributed by atoms with Gasteiger partial charge in [-0.2, -0.15) is 0 Å². The SMILES string of the molecule is C=CCCCCCN(CCCO)C1CCC1. The molecule has 0 amide bonds. The summed E-state index contributed by atoms with van der Waals surface area (Å²) >= 11 is 0. The maximum atomic E-state index is 8.89. The summed E-state index contributed by atoms with van der Waals surface area (Å²) in [6, 6.07) is 0.825. The molecular weight excluding hydrogens is 198 g/mol. The van der Waals surface area contributed by atoms with Crippen molar-refractivity contribution in [3.05, 3.63) is 12.7 Å². The first-order valence-corrected chi connectivity index (χ1v) is 6.84. The van der Waals surface area contributed by atoms with Crippen molar-refractivity contribution in [1.82, 2.24) is 4.90 Å². The largest absolute Gasteiger partial charge is 0.396 e. The fourth-order valence-electron chi connectivity index (χ4n) is 2.28. The van der Waals surface area contributed by atoms with Gasteiger partial charge in [0.05, 0.1) is 0 Å². The van der Waals surface area contributed by atoms with Crippen LogP contribution in [-0.2, 0) is 0 Å². The molecule has 2 heteroatoms. The zero-order chi connectivity index (χ0) is 11.6. The molecule has 0 aromatic rings. The van der Waals surface area contributed by atoms with E-state index in [1.165, 1.54) is 45.1 Å². The first kappa shape index (κ1) is 13.7. The van der Waals surface area contributed by atoms with Crippen LogP contribution in [0.4, 0.5) is 0 Å². The monoisotopic (exact) mass is 225 g/mol. The van der Waals surface area contributed by atoms with Crippen LogP contribution in [-0.4, -0.2) is 35.7 Å². The lowest BCUT2D eigenvalue weighted by atomic mass is 9.91. The highest BCUT2D eigenvalue weighted by molar-refractivity contribution is 4.80. The van der Waals surface area contributed by atoms with E-state index in [9.17, 15) is 0 Å². The van der Waals surface area contributed by atoms with Gasteiger partial charge in [0.25, 0.3) is 0 Å². The number of aliphatic hydroxyl groups is 1. The normalized spacial score (nSPS) is 16.4. The molecule has 0 radical (unpaired) electrons. The molecule has 1 fully saturated rings. The lowest BCUT2D eigenvalue weighted by Crippen LogP contribution is -2.41. The zero-order valence-electron chi connectivity index (χ0n) is 10.5. The fourth-order valence-corrected chi connectivity index (χ4v) is 2.28. The predicted molar refractivity (Wildman–Crippen MR) is 69.6 cm³/mol. The topological polar surface area (TPSA) is 23.5 Å². The summed E-state index contributed by atoms with van der Waals surface area (Å²) in [6.07, 6.45) is 12.1. The van der Waals surface area contributed by atoms with E-state index in [2.05, 4.69) is 11.5 Å². The van der Waals surface area contributed by atoms with Gasteiger partial charge >= 0.3 is 0 Å². The Hall–Kier alpha value is -0.340. The maximum Gasteiger partial charge on any atom is 0.0443 e. The Bertz CT molecular complexity index is 178. The molecule has 0 aromatic heterocycles. The first-order chi connectivity index (χ1) is 7.88. The van der Waals surface area contributed by atoms with E-state index < -0.39 is 0 Å². The van der Waals surface area contributed by atoms with Gasteiger partial charge < -0.3 is 10.0 Å². The molecule has 0 heterocycles. The minimum Gasteiger partial charge on any atom is -0.396 e. The highest BCUT2D eigenvalue weighted by Gasteiger charge is 2.23. The molecule has 1 aliphatic rings. The number of aliphatic hydroxyl groups excluding tert-OH is 1. The number of hydrogen-bond acceptors (Lipinski definition) is 2. The van der Waals surface area contributed by atoms with Crippen LogP contribution >= 0.6 is 0 Å². The number of allylic oxidation sites excluding steroid dienone is 1. The molecule has 0 atom stereocenters. The molecule has 0 unspecified atom stereocenters. The summed E-state index contributed by atoms with van der Waals surface area (Å²) in [7, 11) is 0. The second-order valence-electron chi connectivity index (χ2n) is 4.84. The molecule has 1 rings (SSSR count). The van der Waals surface area contributed by atoms with Gasteiger partial charge in [0.15, 0.2) is 0 Å². The molecule has 0 aliphatic heterocycles. The van der Waals surface area contributed by atoms with Crippen LogP contribution in [0.5, 0.6) is 0 Å². The quantitative estimate of drug-likeness (QED) is 0.456. The second kappa shape index (κ2) is 8.77. The van der Waals surface area contributed by atoms with Crippen molar-refractivity contribution >= 4 is 0 Å². The fraction of sp³-hybridized carbons (Fsp3) is 0.857. The number of nitrogens with zero attached hydrogens (tertiary/aromatic N) is 1. The Kier molecular flexibility index (Phi) is 7.52. The maximum absolute atomic E-state index is 8.89. The van der Waals surface area contributed by atoms with E-state index in [1.807, 2.05) is 6.08 Å². The summed E-state index contributed by atoms with van der Waals surface area (Å²) < 4.78 is 0. The third-order valence-electron chi connectivity index (χ3n) is 3.55. The first-order valence-electron chi connectivity index (χ1n) is 6.84. The Morgan fingerprint density at radius 2 is 1.88 bits per heavy atom. The van der Waals surface area contributed by atoms with E-state index in [1.54, 1.807) is 0 Å². The third kappa shape index (κ3) is 5.13.